The topological polar surface area (TPSA) is 64.4 Å². The molecule has 0 saturated heterocycles. The Bertz CT molecular complexity index is 480. The Balaban J connectivity index is 2.96. The molecule has 112 valence electrons. The maximum Gasteiger partial charge on any atom is 0.325 e. The number of ether oxygens (including phenoxy) is 1. The summed E-state index contributed by atoms with van der Waals surface area (Å²) < 4.78 is 6.57. The van der Waals surface area contributed by atoms with E-state index in [1.165, 1.54) is 4.90 Å². The molecule has 0 aliphatic carbocycles. The highest BCUT2D eigenvalue weighted by Crippen LogP contribution is 2.11. The third-order valence-corrected chi connectivity index (χ3v) is 2.91. The molecule has 0 N–H and O–H groups in total. The first-order valence-corrected chi connectivity index (χ1v) is 6.91. The third-order valence-electron chi connectivity index (χ3n) is 2.91. The maximum atomic E-state index is 12.6. The number of aromatic nitrogens is 2. The molecule has 0 fully saturated rings. The Hall–Kier alpha value is -1.85. The molecule has 1 rings (SSSR count). The first-order valence-electron chi connectivity index (χ1n) is 6.91. The number of hydrogen-bond acceptors (Lipinski definition) is 4. The summed E-state index contributed by atoms with van der Waals surface area (Å²) in [5, 5.41) is 4.26. The quantitative estimate of drug-likeness (QED) is 0.743. The molecule has 0 aromatic carbocycles. The Kier molecular flexibility index (Phi) is 5.73. The molecule has 6 nitrogen and oxygen atoms in total. The van der Waals surface area contributed by atoms with Crippen LogP contribution in [0.1, 0.15) is 43.9 Å². The molecule has 0 aliphatic rings. The second-order valence-electron chi connectivity index (χ2n) is 4.82. The van der Waals surface area contributed by atoms with Crippen molar-refractivity contribution in [3.63, 3.8) is 0 Å². The number of carbonyl (C=O) groups is 2. The van der Waals surface area contributed by atoms with Crippen LogP contribution >= 0.6 is 0 Å². The lowest BCUT2D eigenvalue weighted by Crippen LogP contribution is -2.42. The van der Waals surface area contributed by atoms with Crippen LogP contribution in [-0.4, -0.2) is 45.8 Å². The number of esters is 1. The van der Waals surface area contributed by atoms with Crippen LogP contribution in [0.5, 0.6) is 0 Å². The largest absolute Gasteiger partial charge is 0.465 e. The highest BCUT2D eigenvalue weighted by molar-refractivity contribution is 5.94. The zero-order chi connectivity index (χ0) is 15.3. The highest BCUT2D eigenvalue weighted by Gasteiger charge is 2.25. The molecule has 1 aromatic rings. The van der Waals surface area contributed by atoms with E-state index in [0.29, 0.717) is 18.8 Å². The van der Waals surface area contributed by atoms with E-state index in [-0.39, 0.29) is 18.5 Å². The Labute approximate surface area is 119 Å². The molecular formula is C14H23N3O3. The monoisotopic (exact) mass is 281 g/mol. The normalized spacial score (nSPS) is 10.7. The lowest BCUT2D eigenvalue weighted by molar-refractivity contribution is -0.144. The van der Waals surface area contributed by atoms with Gasteiger partial charge in [-0.05, 0) is 40.7 Å². The van der Waals surface area contributed by atoms with Crippen LogP contribution in [0.25, 0.3) is 0 Å². The molecule has 0 radical (unpaired) electrons. The zero-order valence-electron chi connectivity index (χ0n) is 12.8. The third kappa shape index (κ3) is 3.82. The van der Waals surface area contributed by atoms with E-state index in [1.54, 1.807) is 17.7 Å². The van der Waals surface area contributed by atoms with Gasteiger partial charge in [-0.2, -0.15) is 5.10 Å². The fourth-order valence-corrected chi connectivity index (χ4v) is 1.94. The van der Waals surface area contributed by atoms with Crippen molar-refractivity contribution in [2.45, 2.75) is 47.2 Å². The van der Waals surface area contributed by atoms with Gasteiger partial charge in [0.05, 0.1) is 12.3 Å². The fraction of sp³-hybridized carbons (Fsp3) is 0.643. The summed E-state index contributed by atoms with van der Waals surface area (Å²) in [6.45, 7) is 10.1. The van der Waals surface area contributed by atoms with E-state index in [4.69, 9.17) is 4.74 Å². The molecule has 0 bridgehead atoms. The average Bonchev–Trinajstić information content (AvgIpc) is 2.76. The summed E-state index contributed by atoms with van der Waals surface area (Å²) >= 11 is 0. The van der Waals surface area contributed by atoms with Gasteiger partial charge >= 0.3 is 5.97 Å². The van der Waals surface area contributed by atoms with Gasteiger partial charge in [-0.1, -0.05) is 0 Å². The van der Waals surface area contributed by atoms with Crippen molar-refractivity contribution < 1.29 is 14.3 Å². The van der Waals surface area contributed by atoms with Gasteiger partial charge in [0, 0.05) is 12.6 Å². The van der Waals surface area contributed by atoms with Crippen LogP contribution in [0, 0.1) is 6.92 Å². The number of rotatable bonds is 6. The highest BCUT2D eigenvalue weighted by atomic mass is 16.5. The molecule has 0 aliphatic heterocycles. The fourth-order valence-electron chi connectivity index (χ4n) is 1.94. The van der Waals surface area contributed by atoms with Crippen LogP contribution < -0.4 is 0 Å². The number of carbonyl (C=O) groups excluding carboxylic acids is 2. The molecule has 1 amide bonds. The minimum absolute atomic E-state index is 0.0434. The molecule has 20 heavy (non-hydrogen) atoms. The van der Waals surface area contributed by atoms with Crippen LogP contribution in [0.15, 0.2) is 6.07 Å². The predicted octanol–water partition coefficient (Wildman–Crippen LogP) is 1.63. The summed E-state index contributed by atoms with van der Waals surface area (Å²) in [5.74, 6) is -0.593. The number of amides is 1. The van der Waals surface area contributed by atoms with Crippen molar-refractivity contribution >= 4 is 11.9 Å². The van der Waals surface area contributed by atoms with Gasteiger partial charge < -0.3 is 9.64 Å². The first kappa shape index (κ1) is 16.2. The van der Waals surface area contributed by atoms with Gasteiger partial charge in [-0.3, -0.25) is 14.3 Å². The van der Waals surface area contributed by atoms with E-state index < -0.39 is 5.97 Å². The minimum Gasteiger partial charge on any atom is -0.465 e. The second-order valence-corrected chi connectivity index (χ2v) is 4.82. The first-order chi connectivity index (χ1) is 9.40. The molecule has 0 unspecified atom stereocenters. The van der Waals surface area contributed by atoms with Gasteiger partial charge in [0.25, 0.3) is 5.91 Å². The second kappa shape index (κ2) is 7.07. The van der Waals surface area contributed by atoms with Gasteiger partial charge in [0.15, 0.2) is 0 Å². The van der Waals surface area contributed by atoms with Gasteiger partial charge in [0.1, 0.15) is 12.2 Å². The number of nitrogens with zero attached hydrogens (tertiary/aromatic N) is 3. The van der Waals surface area contributed by atoms with Crippen LogP contribution in [0.4, 0.5) is 0 Å². The number of hydrogen-bond donors (Lipinski definition) is 0. The maximum absolute atomic E-state index is 12.6. The van der Waals surface area contributed by atoms with E-state index in [0.717, 1.165) is 5.69 Å². The van der Waals surface area contributed by atoms with Gasteiger partial charge in [0.2, 0.25) is 0 Å². The van der Waals surface area contributed by atoms with Gasteiger partial charge in [-0.15, -0.1) is 0 Å². The van der Waals surface area contributed by atoms with Crippen molar-refractivity contribution in [2.24, 2.45) is 0 Å². The Morgan fingerprint density at radius 2 is 2.05 bits per heavy atom. The number of aryl methyl sites for hydroxylation is 2. The SMILES string of the molecule is CCOC(=O)CN(C(=O)c1cc(C)nn1CC)C(C)C. The molecule has 0 saturated carbocycles. The van der Waals surface area contributed by atoms with Crippen LogP contribution in [0.3, 0.4) is 0 Å². The van der Waals surface area contributed by atoms with E-state index in [1.807, 2.05) is 27.7 Å². The Morgan fingerprint density at radius 3 is 2.55 bits per heavy atom. The summed E-state index contributed by atoms with van der Waals surface area (Å²) in [6, 6.07) is 1.65. The predicted molar refractivity (Wildman–Crippen MR) is 75.4 cm³/mol. The molecule has 0 spiro atoms. The van der Waals surface area contributed by atoms with E-state index in [2.05, 4.69) is 5.10 Å². The summed E-state index contributed by atoms with van der Waals surface area (Å²) in [4.78, 5) is 25.7. The van der Waals surface area contributed by atoms with E-state index >= 15 is 0 Å². The van der Waals surface area contributed by atoms with Crippen molar-refractivity contribution in [3.05, 3.63) is 17.5 Å². The smallest absolute Gasteiger partial charge is 0.325 e. The molecule has 0 atom stereocenters. The summed E-state index contributed by atoms with van der Waals surface area (Å²) in [6.07, 6.45) is 0. The van der Waals surface area contributed by atoms with Crippen molar-refractivity contribution in [2.75, 3.05) is 13.2 Å². The minimum atomic E-state index is -0.395. The summed E-state index contributed by atoms with van der Waals surface area (Å²) in [7, 11) is 0. The van der Waals surface area contributed by atoms with Crippen LogP contribution in [0.2, 0.25) is 0 Å². The summed E-state index contributed by atoms with van der Waals surface area (Å²) in [5.41, 5.74) is 1.29. The van der Waals surface area contributed by atoms with Crippen molar-refractivity contribution in [3.8, 4) is 0 Å². The van der Waals surface area contributed by atoms with Crippen LogP contribution in [-0.2, 0) is 16.1 Å². The Morgan fingerprint density at radius 1 is 1.40 bits per heavy atom. The lowest BCUT2D eigenvalue weighted by Gasteiger charge is -2.25. The van der Waals surface area contributed by atoms with E-state index in [9.17, 15) is 9.59 Å². The standard InChI is InChI=1S/C14H23N3O3/c1-6-17-12(8-11(5)15-17)14(19)16(10(3)4)9-13(18)20-7-2/h8,10H,6-7,9H2,1-5H3. The molecule has 1 aromatic heterocycles. The van der Waals surface area contributed by atoms with Crippen molar-refractivity contribution in [1.29, 1.82) is 0 Å². The van der Waals surface area contributed by atoms with Crippen molar-refractivity contribution in [1.82, 2.24) is 14.7 Å². The lowest BCUT2D eigenvalue weighted by atomic mass is 10.2. The molecule has 6 heteroatoms. The average molecular weight is 281 g/mol. The van der Waals surface area contributed by atoms with Gasteiger partial charge in [-0.25, -0.2) is 0 Å². The molecule has 1 heterocycles. The zero-order valence-corrected chi connectivity index (χ0v) is 12.8. The molecular weight excluding hydrogens is 258 g/mol.